The van der Waals surface area contributed by atoms with E-state index in [-0.39, 0.29) is 17.6 Å². The second-order valence-electron chi connectivity index (χ2n) is 6.23. The highest BCUT2D eigenvalue weighted by molar-refractivity contribution is 5.89. The lowest BCUT2D eigenvalue weighted by Gasteiger charge is -2.23. The number of hydrogen-bond donors (Lipinski definition) is 2. The summed E-state index contributed by atoms with van der Waals surface area (Å²) in [7, 11) is 0. The number of rotatable bonds is 4. The molecule has 0 heterocycles. The molecule has 1 amide bonds. The SMILES string of the molecule is CC(C)C(=O)N[C@H](c1ccccc1)c1c(O)ccc2ccccc12. The number of amides is 1. The van der Waals surface area contributed by atoms with Crippen LogP contribution in [-0.4, -0.2) is 11.0 Å². The fourth-order valence-electron chi connectivity index (χ4n) is 2.86. The number of fused-ring (bicyclic) bond motifs is 1. The number of carbonyl (C=O) groups is 1. The summed E-state index contributed by atoms with van der Waals surface area (Å²) < 4.78 is 0. The molecule has 2 N–H and O–H groups in total. The normalized spacial score (nSPS) is 12.3. The first kappa shape index (κ1) is 16.1. The molecule has 3 aromatic carbocycles. The van der Waals surface area contributed by atoms with Gasteiger partial charge in [-0.2, -0.15) is 0 Å². The quantitative estimate of drug-likeness (QED) is 0.748. The maximum Gasteiger partial charge on any atom is 0.223 e. The number of carbonyl (C=O) groups excluding carboxylic acids is 1. The van der Waals surface area contributed by atoms with E-state index in [1.807, 2.05) is 74.5 Å². The van der Waals surface area contributed by atoms with Gasteiger partial charge in [0.1, 0.15) is 5.75 Å². The number of aromatic hydroxyl groups is 1. The molecule has 0 aliphatic heterocycles. The zero-order chi connectivity index (χ0) is 17.1. The molecule has 24 heavy (non-hydrogen) atoms. The summed E-state index contributed by atoms with van der Waals surface area (Å²) in [6.45, 7) is 3.72. The van der Waals surface area contributed by atoms with Crippen LogP contribution in [0, 0.1) is 5.92 Å². The van der Waals surface area contributed by atoms with E-state index < -0.39 is 6.04 Å². The Morgan fingerprint density at radius 3 is 2.29 bits per heavy atom. The molecule has 0 fully saturated rings. The Kier molecular flexibility index (Phi) is 4.52. The third kappa shape index (κ3) is 3.11. The molecule has 0 unspecified atom stereocenters. The molecule has 3 aromatic rings. The van der Waals surface area contributed by atoms with Crippen LogP contribution in [0.1, 0.15) is 31.0 Å². The molecule has 1 atom stereocenters. The Bertz CT molecular complexity index is 856. The third-order valence-electron chi connectivity index (χ3n) is 4.18. The molecule has 3 heteroatoms. The zero-order valence-electron chi connectivity index (χ0n) is 13.9. The van der Waals surface area contributed by atoms with Crippen LogP contribution in [0.2, 0.25) is 0 Å². The van der Waals surface area contributed by atoms with Gasteiger partial charge in [0, 0.05) is 11.5 Å². The Hall–Kier alpha value is -2.81. The Labute approximate surface area is 142 Å². The second kappa shape index (κ2) is 6.75. The predicted octanol–water partition coefficient (Wildman–Crippen LogP) is 4.41. The van der Waals surface area contributed by atoms with Crippen molar-refractivity contribution in [3.05, 3.63) is 77.9 Å². The van der Waals surface area contributed by atoms with Crippen molar-refractivity contribution in [2.45, 2.75) is 19.9 Å². The van der Waals surface area contributed by atoms with Gasteiger partial charge in [0.15, 0.2) is 0 Å². The maximum absolute atomic E-state index is 12.4. The van der Waals surface area contributed by atoms with Gasteiger partial charge in [-0.05, 0) is 22.4 Å². The van der Waals surface area contributed by atoms with Crippen LogP contribution in [0.25, 0.3) is 10.8 Å². The van der Waals surface area contributed by atoms with Crippen LogP contribution >= 0.6 is 0 Å². The molecule has 0 radical (unpaired) electrons. The lowest BCUT2D eigenvalue weighted by molar-refractivity contribution is -0.124. The molecule has 0 aliphatic rings. The second-order valence-corrected chi connectivity index (χ2v) is 6.23. The minimum Gasteiger partial charge on any atom is -0.508 e. The van der Waals surface area contributed by atoms with Gasteiger partial charge in [-0.15, -0.1) is 0 Å². The molecular weight excluding hydrogens is 298 g/mol. The highest BCUT2D eigenvalue weighted by Crippen LogP contribution is 2.35. The van der Waals surface area contributed by atoms with E-state index in [1.54, 1.807) is 6.07 Å². The van der Waals surface area contributed by atoms with Crippen molar-refractivity contribution in [2.75, 3.05) is 0 Å². The van der Waals surface area contributed by atoms with E-state index in [0.29, 0.717) is 0 Å². The van der Waals surface area contributed by atoms with Crippen LogP contribution in [0.5, 0.6) is 5.75 Å². The van der Waals surface area contributed by atoms with Gasteiger partial charge >= 0.3 is 0 Å². The van der Waals surface area contributed by atoms with Crippen LogP contribution < -0.4 is 5.32 Å². The van der Waals surface area contributed by atoms with Gasteiger partial charge in [0.05, 0.1) is 6.04 Å². The predicted molar refractivity (Wildman–Crippen MR) is 96.9 cm³/mol. The van der Waals surface area contributed by atoms with E-state index in [2.05, 4.69) is 5.32 Å². The molecular formula is C21H21NO2. The molecule has 0 aromatic heterocycles. The van der Waals surface area contributed by atoms with E-state index in [1.165, 1.54) is 0 Å². The number of benzene rings is 3. The molecule has 0 bridgehead atoms. The van der Waals surface area contributed by atoms with Crippen molar-refractivity contribution >= 4 is 16.7 Å². The van der Waals surface area contributed by atoms with Crippen molar-refractivity contribution in [1.29, 1.82) is 0 Å². The fourth-order valence-corrected chi connectivity index (χ4v) is 2.86. The number of hydrogen-bond acceptors (Lipinski definition) is 2. The Balaban J connectivity index is 2.19. The molecule has 122 valence electrons. The van der Waals surface area contributed by atoms with Crippen LogP contribution in [-0.2, 0) is 4.79 Å². The van der Waals surface area contributed by atoms with Gasteiger partial charge in [0.2, 0.25) is 5.91 Å². The summed E-state index contributed by atoms with van der Waals surface area (Å²) >= 11 is 0. The summed E-state index contributed by atoms with van der Waals surface area (Å²) in [5.41, 5.74) is 1.67. The molecule has 3 nitrogen and oxygen atoms in total. The van der Waals surface area contributed by atoms with E-state index in [9.17, 15) is 9.90 Å². The lowest BCUT2D eigenvalue weighted by atomic mass is 9.92. The first-order valence-electron chi connectivity index (χ1n) is 8.14. The molecule has 0 aliphatic carbocycles. The summed E-state index contributed by atoms with van der Waals surface area (Å²) in [5.74, 6) is 0.0103. The first-order chi connectivity index (χ1) is 11.6. The minimum atomic E-state index is -0.396. The highest BCUT2D eigenvalue weighted by Gasteiger charge is 2.23. The van der Waals surface area contributed by atoms with Crippen molar-refractivity contribution < 1.29 is 9.90 Å². The largest absolute Gasteiger partial charge is 0.508 e. The average Bonchev–Trinajstić information content (AvgIpc) is 2.60. The van der Waals surface area contributed by atoms with Gasteiger partial charge in [-0.3, -0.25) is 4.79 Å². The van der Waals surface area contributed by atoms with Gasteiger partial charge < -0.3 is 10.4 Å². The van der Waals surface area contributed by atoms with Crippen LogP contribution in [0.3, 0.4) is 0 Å². The van der Waals surface area contributed by atoms with Crippen molar-refractivity contribution in [3.63, 3.8) is 0 Å². The number of phenols is 1. The van der Waals surface area contributed by atoms with E-state index in [4.69, 9.17) is 0 Å². The van der Waals surface area contributed by atoms with Crippen molar-refractivity contribution in [1.82, 2.24) is 5.32 Å². The summed E-state index contributed by atoms with van der Waals surface area (Å²) in [6.07, 6.45) is 0. The summed E-state index contributed by atoms with van der Waals surface area (Å²) in [4.78, 5) is 12.4. The van der Waals surface area contributed by atoms with E-state index >= 15 is 0 Å². The van der Waals surface area contributed by atoms with Crippen LogP contribution in [0.4, 0.5) is 0 Å². The zero-order valence-corrected chi connectivity index (χ0v) is 13.9. The molecule has 0 spiro atoms. The smallest absolute Gasteiger partial charge is 0.223 e. The average molecular weight is 319 g/mol. The van der Waals surface area contributed by atoms with Crippen molar-refractivity contribution in [2.24, 2.45) is 5.92 Å². The standard InChI is InChI=1S/C21H21NO2/c1-14(2)21(24)22-20(16-9-4-3-5-10-16)19-17-11-7-6-8-15(17)12-13-18(19)23/h3-14,20,23H,1-2H3,(H,22,24)/t20-/m1/s1. The molecule has 0 saturated heterocycles. The summed E-state index contributed by atoms with van der Waals surface area (Å²) in [6, 6.07) is 20.8. The van der Waals surface area contributed by atoms with E-state index in [0.717, 1.165) is 21.9 Å². The minimum absolute atomic E-state index is 0.0452. The highest BCUT2D eigenvalue weighted by atomic mass is 16.3. The number of phenolic OH excluding ortho intramolecular Hbond substituents is 1. The molecule has 0 saturated carbocycles. The third-order valence-corrected chi connectivity index (χ3v) is 4.18. The summed E-state index contributed by atoms with van der Waals surface area (Å²) in [5, 5.41) is 15.6. The Morgan fingerprint density at radius 1 is 0.917 bits per heavy atom. The monoisotopic (exact) mass is 319 g/mol. The molecule has 3 rings (SSSR count). The topological polar surface area (TPSA) is 49.3 Å². The van der Waals surface area contributed by atoms with Gasteiger partial charge in [-0.25, -0.2) is 0 Å². The van der Waals surface area contributed by atoms with Crippen LogP contribution in [0.15, 0.2) is 66.7 Å². The van der Waals surface area contributed by atoms with Gasteiger partial charge in [-0.1, -0.05) is 74.5 Å². The fraction of sp³-hybridized carbons (Fsp3) is 0.190. The van der Waals surface area contributed by atoms with Gasteiger partial charge in [0.25, 0.3) is 0 Å². The Morgan fingerprint density at radius 2 is 1.58 bits per heavy atom. The number of nitrogens with one attached hydrogen (secondary N) is 1. The first-order valence-corrected chi connectivity index (χ1v) is 8.14. The van der Waals surface area contributed by atoms with Crippen molar-refractivity contribution in [3.8, 4) is 5.75 Å². The maximum atomic E-state index is 12.4. The lowest BCUT2D eigenvalue weighted by Crippen LogP contribution is -2.32.